The van der Waals surface area contributed by atoms with Crippen LogP contribution in [0.3, 0.4) is 0 Å². The summed E-state index contributed by atoms with van der Waals surface area (Å²) in [6.07, 6.45) is 2.39. The average molecular weight is 293 g/mol. The molecule has 0 bridgehead atoms. The summed E-state index contributed by atoms with van der Waals surface area (Å²) in [6, 6.07) is 8.11. The summed E-state index contributed by atoms with van der Waals surface area (Å²) in [4.78, 5) is 18.8. The zero-order valence-corrected chi connectivity index (χ0v) is 11.5. The van der Waals surface area contributed by atoms with Gasteiger partial charge in [-0.3, -0.25) is 15.1 Å². The molecule has 2 aromatic rings. The normalized spacial score (nSPS) is 11.9. The number of nitro groups is 1. The van der Waals surface area contributed by atoms with E-state index < -0.39 is 4.92 Å². The zero-order valence-electron chi connectivity index (χ0n) is 10.8. The molecular formula is C13H13ClN4O2. The van der Waals surface area contributed by atoms with Crippen LogP contribution in [0.2, 0.25) is 5.15 Å². The number of halogens is 1. The quantitative estimate of drug-likeness (QED) is 0.517. The smallest absolute Gasteiger partial charge is 0.311 e. The van der Waals surface area contributed by atoms with E-state index in [-0.39, 0.29) is 22.7 Å². The van der Waals surface area contributed by atoms with Gasteiger partial charge in [0.15, 0.2) is 0 Å². The largest absolute Gasteiger partial charge is 0.356 e. The highest BCUT2D eigenvalue weighted by atomic mass is 35.5. The lowest BCUT2D eigenvalue weighted by Crippen LogP contribution is -2.13. The summed E-state index contributed by atoms with van der Waals surface area (Å²) in [6.45, 7) is 1.96. The summed E-state index contributed by atoms with van der Waals surface area (Å²) in [5, 5.41) is 14.2. The first-order chi connectivity index (χ1) is 9.61. The number of pyridine rings is 2. The molecule has 1 atom stereocenters. The molecule has 20 heavy (non-hydrogen) atoms. The van der Waals surface area contributed by atoms with Gasteiger partial charge in [-0.25, -0.2) is 4.98 Å². The van der Waals surface area contributed by atoms with Gasteiger partial charge in [-0.05, 0) is 24.6 Å². The average Bonchev–Trinajstić information content (AvgIpc) is 2.45. The number of hydrogen-bond donors (Lipinski definition) is 1. The number of hydrogen-bond acceptors (Lipinski definition) is 5. The predicted octanol–water partition coefficient (Wildman–Crippen LogP) is 3.60. The standard InChI is InChI=1S/C13H13ClN4O2/c1-2-9(10-5-3-4-8-15-10)16-13-11(18(19)20)6-7-12(14)17-13/h3-9H,2H2,1H3,(H,16,17). The van der Waals surface area contributed by atoms with Crippen molar-refractivity contribution < 1.29 is 4.92 Å². The Morgan fingerprint density at radius 3 is 2.80 bits per heavy atom. The van der Waals surface area contributed by atoms with Crippen molar-refractivity contribution in [1.29, 1.82) is 0 Å². The van der Waals surface area contributed by atoms with Crippen molar-refractivity contribution in [1.82, 2.24) is 9.97 Å². The van der Waals surface area contributed by atoms with Crippen LogP contribution in [0.15, 0.2) is 36.5 Å². The van der Waals surface area contributed by atoms with E-state index in [4.69, 9.17) is 11.6 Å². The number of nitrogens with zero attached hydrogens (tertiary/aromatic N) is 3. The van der Waals surface area contributed by atoms with Gasteiger partial charge < -0.3 is 5.32 Å². The monoisotopic (exact) mass is 292 g/mol. The van der Waals surface area contributed by atoms with E-state index in [0.717, 1.165) is 5.69 Å². The molecule has 0 amide bonds. The summed E-state index contributed by atoms with van der Waals surface area (Å²) in [5.74, 6) is 0.153. The lowest BCUT2D eigenvalue weighted by atomic mass is 10.1. The number of anilines is 1. The zero-order chi connectivity index (χ0) is 14.5. The molecule has 0 aliphatic heterocycles. The van der Waals surface area contributed by atoms with Gasteiger partial charge in [-0.15, -0.1) is 0 Å². The Morgan fingerprint density at radius 1 is 1.40 bits per heavy atom. The van der Waals surface area contributed by atoms with Crippen molar-refractivity contribution in [2.45, 2.75) is 19.4 Å². The van der Waals surface area contributed by atoms with Gasteiger partial charge >= 0.3 is 5.69 Å². The molecule has 7 heteroatoms. The third-order valence-electron chi connectivity index (χ3n) is 2.80. The van der Waals surface area contributed by atoms with Crippen molar-refractivity contribution in [2.24, 2.45) is 0 Å². The van der Waals surface area contributed by atoms with E-state index in [2.05, 4.69) is 15.3 Å². The van der Waals surface area contributed by atoms with E-state index in [1.165, 1.54) is 12.1 Å². The van der Waals surface area contributed by atoms with Crippen molar-refractivity contribution in [3.05, 3.63) is 57.5 Å². The summed E-state index contributed by atoms with van der Waals surface area (Å²) in [7, 11) is 0. The maximum atomic E-state index is 11.0. The van der Waals surface area contributed by atoms with Crippen molar-refractivity contribution >= 4 is 23.1 Å². The summed E-state index contributed by atoms with van der Waals surface area (Å²) >= 11 is 5.80. The van der Waals surface area contributed by atoms with Gasteiger partial charge in [-0.1, -0.05) is 24.6 Å². The van der Waals surface area contributed by atoms with Gasteiger partial charge in [0.2, 0.25) is 5.82 Å². The molecule has 1 unspecified atom stereocenters. The molecule has 2 aromatic heterocycles. The molecule has 0 saturated carbocycles. The molecule has 0 radical (unpaired) electrons. The summed E-state index contributed by atoms with van der Waals surface area (Å²) < 4.78 is 0. The topological polar surface area (TPSA) is 81.0 Å². The first-order valence-electron chi connectivity index (χ1n) is 6.10. The Morgan fingerprint density at radius 2 is 2.20 bits per heavy atom. The van der Waals surface area contributed by atoms with E-state index in [0.29, 0.717) is 6.42 Å². The lowest BCUT2D eigenvalue weighted by molar-refractivity contribution is -0.384. The van der Waals surface area contributed by atoms with Crippen molar-refractivity contribution in [3.8, 4) is 0 Å². The fourth-order valence-electron chi connectivity index (χ4n) is 1.81. The van der Waals surface area contributed by atoms with Gasteiger partial charge in [0, 0.05) is 12.3 Å². The molecule has 2 heterocycles. The highest BCUT2D eigenvalue weighted by Crippen LogP contribution is 2.28. The Hall–Kier alpha value is -2.21. The second kappa shape index (κ2) is 6.29. The molecule has 6 nitrogen and oxygen atoms in total. The molecular weight excluding hydrogens is 280 g/mol. The molecule has 0 aromatic carbocycles. The number of rotatable bonds is 5. The first-order valence-corrected chi connectivity index (χ1v) is 6.48. The second-order valence-corrected chi connectivity index (χ2v) is 4.51. The van der Waals surface area contributed by atoms with Crippen LogP contribution in [-0.4, -0.2) is 14.9 Å². The number of aromatic nitrogens is 2. The molecule has 1 N–H and O–H groups in total. The minimum absolute atomic E-state index is 0.108. The van der Waals surface area contributed by atoms with Crippen LogP contribution in [0, 0.1) is 10.1 Å². The Balaban J connectivity index is 2.32. The minimum atomic E-state index is -0.489. The fourth-order valence-corrected chi connectivity index (χ4v) is 1.96. The minimum Gasteiger partial charge on any atom is -0.356 e. The third kappa shape index (κ3) is 3.21. The van der Waals surface area contributed by atoms with Gasteiger partial charge in [0.25, 0.3) is 0 Å². The number of nitrogens with one attached hydrogen (secondary N) is 1. The molecule has 0 saturated heterocycles. The second-order valence-electron chi connectivity index (χ2n) is 4.12. The Bertz CT molecular complexity index is 607. The van der Waals surface area contributed by atoms with Gasteiger partial charge in [0.1, 0.15) is 5.15 Å². The molecule has 0 spiro atoms. The molecule has 0 fully saturated rings. The van der Waals surface area contributed by atoms with Crippen molar-refractivity contribution in [2.75, 3.05) is 5.32 Å². The molecule has 0 aliphatic rings. The highest BCUT2D eigenvalue weighted by Gasteiger charge is 2.19. The van der Waals surface area contributed by atoms with Crippen LogP contribution in [-0.2, 0) is 0 Å². The van der Waals surface area contributed by atoms with Crippen LogP contribution in [0.5, 0.6) is 0 Å². The van der Waals surface area contributed by atoms with Crippen LogP contribution in [0.25, 0.3) is 0 Å². The Kier molecular flexibility index (Phi) is 4.47. The maximum absolute atomic E-state index is 11.0. The van der Waals surface area contributed by atoms with Gasteiger partial charge in [0.05, 0.1) is 16.7 Å². The molecule has 0 aliphatic carbocycles. The first kappa shape index (κ1) is 14.2. The lowest BCUT2D eigenvalue weighted by Gasteiger charge is -2.16. The van der Waals surface area contributed by atoms with Crippen LogP contribution >= 0.6 is 11.6 Å². The van der Waals surface area contributed by atoms with Crippen LogP contribution < -0.4 is 5.32 Å². The molecule has 2 rings (SSSR count). The Labute approximate surface area is 121 Å². The SMILES string of the molecule is CCC(Nc1nc(Cl)ccc1[N+](=O)[O-])c1ccccn1. The summed E-state index contributed by atoms with van der Waals surface area (Å²) in [5.41, 5.74) is 0.690. The van der Waals surface area contributed by atoms with Crippen LogP contribution in [0.4, 0.5) is 11.5 Å². The van der Waals surface area contributed by atoms with E-state index in [9.17, 15) is 10.1 Å². The fraction of sp³-hybridized carbons (Fsp3) is 0.231. The van der Waals surface area contributed by atoms with E-state index >= 15 is 0 Å². The maximum Gasteiger partial charge on any atom is 0.311 e. The third-order valence-corrected chi connectivity index (χ3v) is 3.01. The highest BCUT2D eigenvalue weighted by molar-refractivity contribution is 6.29. The predicted molar refractivity (Wildman–Crippen MR) is 76.8 cm³/mol. The van der Waals surface area contributed by atoms with Crippen LogP contribution in [0.1, 0.15) is 25.1 Å². The van der Waals surface area contributed by atoms with Gasteiger partial charge in [-0.2, -0.15) is 0 Å². The van der Waals surface area contributed by atoms with E-state index in [1.807, 2.05) is 25.1 Å². The van der Waals surface area contributed by atoms with E-state index in [1.54, 1.807) is 6.20 Å². The van der Waals surface area contributed by atoms with Crippen molar-refractivity contribution in [3.63, 3.8) is 0 Å². The molecule has 104 valence electrons.